The van der Waals surface area contributed by atoms with Crippen molar-refractivity contribution in [1.82, 2.24) is 15.5 Å². The summed E-state index contributed by atoms with van der Waals surface area (Å²) < 4.78 is 5.25. The lowest BCUT2D eigenvalue weighted by Crippen LogP contribution is -2.55. The minimum Gasteiger partial charge on any atom is -0.508 e. The first-order chi connectivity index (χ1) is 16.1. The molecule has 1 aromatic rings. The van der Waals surface area contributed by atoms with Gasteiger partial charge in [0.2, 0.25) is 11.8 Å². The van der Waals surface area contributed by atoms with Gasteiger partial charge in [-0.25, -0.2) is 4.79 Å². The fraction of sp³-hybridized carbons (Fsp3) is 0.625. The van der Waals surface area contributed by atoms with Crippen LogP contribution in [0.2, 0.25) is 0 Å². The predicted octanol–water partition coefficient (Wildman–Crippen LogP) is 2.53. The summed E-state index contributed by atoms with van der Waals surface area (Å²) in [6.45, 7) is 4.50. The molecule has 1 fully saturated rings. The minimum absolute atomic E-state index is 0.0266. The van der Waals surface area contributed by atoms with Crippen LogP contribution in [0, 0.1) is 0 Å². The van der Waals surface area contributed by atoms with Crippen LogP contribution in [-0.2, 0) is 14.3 Å². The highest BCUT2D eigenvalue weighted by Gasteiger charge is 2.37. The van der Waals surface area contributed by atoms with E-state index in [1.54, 1.807) is 39.0 Å². The summed E-state index contributed by atoms with van der Waals surface area (Å²) in [5.74, 6) is -1.28. The van der Waals surface area contributed by atoms with E-state index in [2.05, 4.69) is 23.3 Å². The van der Waals surface area contributed by atoms with E-state index in [0.717, 1.165) is 32.1 Å². The summed E-state index contributed by atoms with van der Waals surface area (Å²) in [5, 5.41) is 25.8. The summed E-state index contributed by atoms with van der Waals surface area (Å²) in [4.78, 5) is 40.5. The zero-order valence-electron chi connectivity index (χ0n) is 20.1. The molecule has 0 spiro atoms. The summed E-state index contributed by atoms with van der Waals surface area (Å²) in [6, 6.07) is 3.94. The molecule has 0 saturated heterocycles. The average Bonchev–Trinajstić information content (AvgIpc) is 2.77. The van der Waals surface area contributed by atoms with Crippen LogP contribution in [0.1, 0.15) is 64.5 Å². The van der Waals surface area contributed by atoms with Crippen molar-refractivity contribution >= 4 is 30.5 Å². The first kappa shape index (κ1) is 27.8. The van der Waals surface area contributed by atoms with Crippen LogP contribution in [-0.4, -0.2) is 69.6 Å². The van der Waals surface area contributed by atoms with E-state index in [9.17, 15) is 24.6 Å². The zero-order chi connectivity index (χ0) is 25.3. The second kappa shape index (κ2) is 12.9. The third kappa shape index (κ3) is 8.09. The fourth-order valence-corrected chi connectivity index (χ4v) is 4.25. The highest BCUT2D eigenvalue weighted by Crippen LogP contribution is 2.30. The van der Waals surface area contributed by atoms with E-state index in [0.29, 0.717) is 0 Å². The minimum atomic E-state index is -1.20. The molecular weight excluding hydrogens is 458 g/mol. The maximum Gasteiger partial charge on any atom is 0.408 e. The molecule has 2 atom stereocenters. The van der Waals surface area contributed by atoms with Crippen molar-refractivity contribution in [2.45, 2.75) is 76.6 Å². The maximum absolute atomic E-state index is 13.5. The van der Waals surface area contributed by atoms with Crippen LogP contribution in [0.4, 0.5) is 4.79 Å². The molecule has 1 aromatic carbocycles. The Hall–Kier alpha value is -2.46. The third-order valence-electron chi connectivity index (χ3n) is 5.54. The molecule has 1 aliphatic rings. The Bertz CT molecular complexity index is 838. The quantitative estimate of drug-likeness (QED) is 0.335. The van der Waals surface area contributed by atoms with Gasteiger partial charge in [0.1, 0.15) is 23.4 Å². The van der Waals surface area contributed by atoms with Crippen molar-refractivity contribution in [3.8, 4) is 5.75 Å². The molecule has 0 radical (unpaired) electrons. The number of aliphatic hydroxyl groups is 1. The number of carbonyl (C=O) groups is 3. The number of aliphatic hydroxyl groups excluding tert-OH is 1. The first-order valence-corrected chi connectivity index (χ1v) is 12.3. The molecule has 10 heteroatoms. The van der Waals surface area contributed by atoms with Crippen molar-refractivity contribution in [3.63, 3.8) is 0 Å². The van der Waals surface area contributed by atoms with Gasteiger partial charge in [-0.1, -0.05) is 37.5 Å². The number of rotatable bonds is 9. The van der Waals surface area contributed by atoms with E-state index in [1.165, 1.54) is 11.0 Å². The highest BCUT2D eigenvalue weighted by molar-refractivity contribution is 7.80. The largest absolute Gasteiger partial charge is 0.508 e. The molecule has 4 N–H and O–H groups in total. The number of phenolic OH excluding ortho intramolecular Hbond substituents is 1. The summed E-state index contributed by atoms with van der Waals surface area (Å²) in [7, 11) is 0. The van der Waals surface area contributed by atoms with Gasteiger partial charge >= 0.3 is 6.09 Å². The van der Waals surface area contributed by atoms with E-state index in [1.807, 2.05) is 0 Å². The molecule has 1 saturated carbocycles. The lowest BCUT2D eigenvalue weighted by atomic mass is 9.94. The number of ether oxygens (including phenoxy) is 1. The second-order valence-corrected chi connectivity index (χ2v) is 9.81. The molecule has 2 rings (SSSR count). The van der Waals surface area contributed by atoms with Gasteiger partial charge in [0.05, 0.1) is 6.61 Å². The first-order valence-electron chi connectivity index (χ1n) is 11.7. The number of thiol groups is 1. The molecular formula is C24H37N3O6S. The number of nitrogens with one attached hydrogen (secondary N) is 2. The van der Waals surface area contributed by atoms with Gasteiger partial charge in [-0.3, -0.25) is 9.59 Å². The number of para-hydroxylation sites is 1. The predicted molar refractivity (Wildman–Crippen MR) is 132 cm³/mol. The van der Waals surface area contributed by atoms with Gasteiger partial charge in [0.15, 0.2) is 0 Å². The standard InChI is InChI=1S/C24H37N3O6S/c1-24(2,3)33-23(32)26-18(15-34)22(31)27(13-14-28)20(17-11-7-8-12-19(17)29)21(30)25-16-9-5-4-6-10-16/h7-8,11-12,16,18,20,28-29,34H,4-6,9-10,13-15H2,1-3H3,(H,25,30)(H,26,32). The van der Waals surface area contributed by atoms with Crippen molar-refractivity contribution in [3.05, 3.63) is 29.8 Å². The maximum atomic E-state index is 13.5. The third-order valence-corrected chi connectivity index (χ3v) is 5.90. The van der Waals surface area contributed by atoms with Gasteiger partial charge in [-0.05, 0) is 39.7 Å². The molecule has 190 valence electrons. The summed E-state index contributed by atoms with van der Waals surface area (Å²) in [6.07, 6.45) is 4.01. The number of aromatic hydroxyl groups is 1. The Morgan fingerprint density at radius 1 is 1.18 bits per heavy atom. The molecule has 9 nitrogen and oxygen atoms in total. The second-order valence-electron chi connectivity index (χ2n) is 9.44. The van der Waals surface area contributed by atoms with Crippen molar-refractivity contribution < 1.29 is 29.3 Å². The van der Waals surface area contributed by atoms with Gasteiger partial charge in [0.25, 0.3) is 0 Å². The molecule has 0 heterocycles. The topological polar surface area (TPSA) is 128 Å². The smallest absolute Gasteiger partial charge is 0.408 e. The molecule has 2 unspecified atom stereocenters. The average molecular weight is 496 g/mol. The van der Waals surface area contributed by atoms with Crippen LogP contribution in [0.3, 0.4) is 0 Å². The normalized spacial score (nSPS) is 16.3. The number of carbonyl (C=O) groups excluding carboxylic acids is 3. The number of benzene rings is 1. The lowest BCUT2D eigenvalue weighted by Gasteiger charge is -2.35. The summed E-state index contributed by atoms with van der Waals surface area (Å²) >= 11 is 4.21. The molecule has 1 aliphatic carbocycles. The van der Waals surface area contributed by atoms with Crippen LogP contribution in [0.15, 0.2) is 24.3 Å². The number of hydrogen-bond acceptors (Lipinski definition) is 7. The Morgan fingerprint density at radius 2 is 1.82 bits per heavy atom. The van der Waals surface area contributed by atoms with Crippen molar-refractivity contribution in [2.24, 2.45) is 0 Å². The Morgan fingerprint density at radius 3 is 2.38 bits per heavy atom. The van der Waals surface area contributed by atoms with Crippen LogP contribution < -0.4 is 10.6 Å². The summed E-state index contributed by atoms with van der Waals surface area (Å²) in [5.41, 5.74) is -0.537. The van der Waals surface area contributed by atoms with Gasteiger partial charge in [-0.2, -0.15) is 12.6 Å². The molecule has 3 amide bonds. The van der Waals surface area contributed by atoms with Crippen molar-refractivity contribution in [1.29, 1.82) is 0 Å². The van der Waals surface area contributed by atoms with E-state index >= 15 is 0 Å². The van der Waals surface area contributed by atoms with Gasteiger partial charge in [-0.15, -0.1) is 0 Å². The van der Waals surface area contributed by atoms with Crippen LogP contribution in [0.5, 0.6) is 5.75 Å². The van der Waals surface area contributed by atoms with E-state index < -0.39 is 42.2 Å². The Kier molecular flexibility index (Phi) is 10.5. The van der Waals surface area contributed by atoms with Crippen molar-refractivity contribution in [2.75, 3.05) is 18.9 Å². The molecule has 0 aliphatic heterocycles. The Balaban J connectivity index is 2.36. The van der Waals surface area contributed by atoms with Crippen LogP contribution >= 0.6 is 12.6 Å². The molecule has 34 heavy (non-hydrogen) atoms. The van der Waals surface area contributed by atoms with E-state index in [-0.39, 0.29) is 29.7 Å². The Labute approximate surface area is 206 Å². The number of alkyl carbamates (subject to hydrolysis) is 1. The SMILES string of the molecule is CC(C)(C)OC(=O)NC(CS)C(=O)N(CCO)C(C(=O)NC1CCCCC1)c1ccccc1O. The molecule has 0 aromatic heterocycles. The molecule has 0 bridgehead atoms. The number of nitrogens with zero attached hydrogens (tertiary/aromatic N) is 1. The monoisotopic (exact) mass is 495 g/mol. The number of amides is 3. The van der Waals surface area contributed by atoms with Gasteiger partial charge < -0.3 is 30.5 Å². The lowest BCUT2D eigenvalue weighted by molar-refractivity contribution is -0.143. The fourth-order valence-electron chi connectivity index (χ4n) is 4.01. The van der Waals surface area contributed by atoms with Crippen LogP contribution in [0.25, 0.3) is 0 Å². The van der Waals surface area contributed by atoms with Gasteiger partial charge in [0, 0.05) is 23.9 Å². The highest BCUT2D eigenvalue weighted by atomic mass is 32.1. The zero-order valence-corrected chi connectivity index (χ0v) is 21.0. The van der Waals surface area contributed by atoms with E-state index in [4.69, 9.17) is 4.74 Å². The number of hydrogen-bond donors (Lipinski definition) is 5. The number of phenols is 1.